The molecular weight excluding hydrogens is 381 g/mol. The van der Waals surface area contributed by atoms with Crippen LogP contribution >= 0.6 is 0 Å². The van der Waals surface area contributed by atoms with Gasteiger partial charge in [-0.05, 0) is 18.9 Å². The number of nitrogens with zero attached hydrogens (tertiary/aromatic N) is 2. The minimum Gasteiger partial charge on any atom is -0.475 e. The number of carbonyl (C=O) groups is 2. The molecule has 1 aliphatic rings. The van der Waals surface area contributed by atoms with Gasteiger partial charge in [0.05, 0.1) is 17.5 Å². The number of halogens is 3. The van der Waals surface area contributed by atoms with Crippen LogP contribution in [0.4, 0.5) is 13.2 Å². The number of benzene rings is 1. The molecule has 1 amide bonds. The summed E-state index contributed by atoms with van der Waals surface area (Å²) in [4.78, 5) is 34.7. The second kappa shape index (κ2) is 8.38. The summed E-state index contributed by atoms with van der Waals surface area (Å²) in [6, 6.07) is 7.62. The van der Waals surface area contributed by atoms with E-state index >= 15 is 0 Å². The molecule has 0 bridgehead atoms. The molecule has 1 heterocycles. The van der Waals surface area contributed by atoms with E-state index in [1.54, 1.807) is 24.1 Å². The van der Waals surface area contributed by atoms with E-state index in [0.717, 1.165) is 18.2 Å². The summed E-state index contributed by atoms with van der Waals surface area (Å²) in [6.07, 6.45) is -3.20. The number of alkyl halides is 3. The fourth-order valence-corrected chi connectivity index (χ4v) is 2.72. The molecule has 0 unspecified atom stereocenters. The molecule has 0 saturated heterocycles. The lowest BCUT2D eigenvalue weighted by molar-refractivity contribution is -0.192. The largest absolute Gasteiger partial charge is 0.490 e. The van der Waals surface area contributed by atoms with E-state index in [2.05, 4.69) is 10.2 Å². The van der Waals surface area contributed by atoms with Gasteiger partial charge >= 0.3 is 12.1 Å². The molecule has 8 nitrogen and oxygen atoms in total. The standard InChI is InChI=1S/C15H18N4O2.C2HF3O2/c1-19(10-6-9(16)7-10)14(20)8-13-11-4-2-3-5-12(11)15(21)18-17-13;3-2(4,5)1(6)7/h2-5,9-10H,6-8,16H2,1H3,(H,18,21);(H,6,7). The zero-order valence-corrected chi connectivity index (χ0v) is 14.9. The van der Waals surface area contributed by atoms with Gasteiger partial charge in [0.1, 0.15) is 0 Å². The van der Waals surface area contributed by atoms with Gasteiger partial charge in [0.2, 0.25) is 5.91 Å². The second-order valence-corrected chi connectivity index (χ2v) is 6.41. The summed E-state index contributed by atoms with van der Waals surface area (Å²) in [5.74, 6) is -2.76. The summed E-state index contributed by atoms with van der Waals surface area (Å²) < 4.78 is 31.7. The Morgan fingerprint density at radius 3 is 2.32 bits per heavy atom. The van der Waals surface area contributed by atoms with Crippen LogP contribution in [0.2, 0.25) is 0 Å². The molecule has 1 fully saturated rings. The number of rotatable bonds is 3. The molecular formula is C17H19F3N4O4. The van der Waals surface area contributed by atoms with Crippen molar-refractivity contribution in [1.29, 1.82) is 0 Å². The number of carboxylic acids is 1. The number of aromatic amines is 1. The van der Waals surface area contributed by atoms with Crippen molar-refractivity contribution in [3.8, 4) is 0 Å². The number of fused-ring (bicyclic) bond motifs is 1. The van der Waals surface area contributed by atoms with Gasteiger partial charge in [-0.2, -0.15) is 18.3 Å². The molecule has 11 heteroatoms. The van der Waals surface area contributed by atoms with Crippen LogP contribution in [0.1, 0.15) is 18.5 Å². The second-order valence-electron chi connectivity index (χ2n) is 6.41. The van der Waals surface area contributed by atoms with Crippen molar-refractivity contribution in [2.45, 2.75) is 37.5 Å². The van der Waals surface area contributed by atoms with Gasteiger partial charge < -0.3 is 15.7 Å². The lowest BCUT2D eigenvalue weighted by Gasteiger charge is -2.39. The average Bonchev–Trinajstić information content (AvgIpc) is 2.60. The minimum atomic E-state index is -5.08. The van der Waals surface area contributed by atoms with Crippen molar-refractivity contribution >= 4 is 22.6 Å². The number of aromatic nitrogens is 2. The average molecular weight is 400 g/mol. The summed E-state index contributed by atoms with van der Waals surface area (Å²) >= 11 is 0. The molecule has 1 aliphatic carbocycles. The van der Waals surface area contributed by atoms with Gasteiger partial charge in [-0.25, -0.2) is 9.89 Å². The van der Waals surface area contributed by atoms with E-state index in [4.69, 9.17) is 15.6 Å². The minimum absolute atomic E-state index is 0.00315. The van der Waals surface area contributed by atoms with Crippen molar-refractivity contribution in [2.24, 2.45) is 5.73 Å². The Morgan fingerprint density at radius 2 is 1.82 bits per heavy atom. The first-order valence-corrected chi connectivity index (χ1v) is 8.28. The van der Waals surface area contributed by atoms with Crippen LogP contribution in [0, 0.1) is 0 Å². The van der Waals surface area contributed by atoms with E-state index in [1.807, 2.05) is 12.1 Å². The van der Waals surface area contributed by atoms with E-state index in [0.29, 0.717) is 11.1 Å². The maximum absolute atomic E-state index is 12.3. The molecule has 3 rings (SSSR count). The first-order valence-electron chi connectivity index (χ1n) is 8.28. The van der Waals surface area contributed by atoms with Gasteiger partial charge in [0.25, 0.3) is 5.56 Å². The van der Waals surface area contributed by atoms with E-state index in [1.165, 1.54) is 0 Å². The Kier molecular flexibility index (Phi) is 6.39. The molecule has 2 aromatic rings. The van der Waals surface area contributed by atoms with Crippen LogP contribution < -0.4 is 11.3 Å². The number of carbonyl (C=O) groups excluding carboxylic acids is 1. The van der Waals surface area contributed by atoms with Crippen LogP contribution in [0.25, 0.3) is 10.8 Å². The Hall–Kier alpha value is -2.95. The van der Waals surface area contributed by atoms with Gasteiger partial charge in [-0.3, -0.25) is 9.59 Å². The van der Waals surface area contributed by atoms with Gasteiger partial charge in [-0.1, -0.05) is 18.2 Å². The molecule has 28 heavy (non-hydrogen) atoms. The van der Waals surface area contributed by atoms with Crippen molar-refractivity contribution in [3.63, 3.8) is 0 Å². The molecule has 0 atom stereocenters. The van der Waals surface area contributed by atoms with Crippen LogP contribution in [-0.4, -0.2) is 57.4 Å². The number of H-pyrrole nitrogens is 1. The number of aliphatic carboxylic acids is 1. The molecule has 152 valence electrons. The lowest BCUT2D eigenvalue weighted by atomic mass is 9.86. The lowest BCUT2D eigenvalue weighted by Crippen LogP contribution is -2.51. The quantitative estimate of drug-likeness (QED) is 0.706. The van der Waals surface area contributed by atoms with Crippen LogP contribution in [0.5, 0.6) is 0 Å². The molecule has 1 saturated carbocycles. The topological polar surface area (TPSA) is 129 Å². The van der Waals surface area contributed by atoms with Gasteiger partial charge in [-0.15, -0.1) is 0 Å². The number of nitrogens with one attached hydrogen (secondary N) is 1. The summed E-state index contributed by atoms with van der Waals surface area (Å²) in [7, 11) is 1.80. The highest BCUT2D eigenvalue weighted by atomic mass is 19.4. The van der Waals surface area contributed by atoms with E-state index in [-0.39, 0.29) is 30.0 Å². The predicted molar refractivity (Wildman–Crippen MR) is 93.5 cm³/mol. The summed E-state index contributed by atoms with van der Waals surface area (Å²) in [5, 5.41) is 14.9. The summed E-state index contributed by atoms with van der Waals surface area (Å²) in [6.45, 7) is 0. The number of hydrogen-bond donors (Lipinski definition) is 3. The first kappa shape index (κ1) is 21.4. The highest BCUT2D eigenvalue weighted by molar-refractivity contribution is 5.88. The Morgan fingerprint density at radius 1 is 1.29 bits per heavy atom. The summed E-state index contributed by atoms with van der Waals surface area (Å²) in [5.41, 5.74) is 6.13. The van der Waals surface area contributed by atoms with Crippen molar-refractivity contribution in [2.75, 3.05) is 7.05 Å². The molecule has 0 aliphatic heterocycles. The van der Waals surface area contributed by atoms with Crippen LogP contribution in [-0.2, 0) is 16.0 Å². The molecule has 1 aromatic heterocycles. The SMILES string of the molecule is CN(C(=O)Cc1n[nH]c(=O)c2ccccc12)C1CC(N)C1.O=C(O)C(F)(F)F. The smallest absolute Gasteiger partial charge is 0.475 e. The first-order chi connectivity index (χ1) is 13.0. The fraction of sp³-hybridized carbons (Fsp3) is 0.412. The van der Waals surface area contributed by atoms with Crippen molar-refractivity contribution in [1.82, 2.24) is 15.1 Å². The fourth-order valence-electron chi connectivity index (χ4n) is 2.72. The maximum atomic E-state index is 12.3. The zero-order chi connectivity index (χ0) is 21.1. The van der Waals surface area contributed by atoms with Crippen molar-refractivity contribution in [3.05, 3.63) is 40.3 Å². The Bertz CT molecular complexity index is 922. The van der Waals surface area contributed by atoms with Gasteiger partial charge in [0.15, 0.2) is 0 Å². The zero-order valence-electron chi connectivity index (χ0n) is 14.9. The number of nitrogens with two attached hydrogens (primary N) is 1. The number of hydrogen-bond acceptors (Lipinski definition) is 5. The third-order valence-corrected chi connectivity index (χ3v) is 4.43. The molecule has 0 radical (unpaired) electrons. The Balaban J connectivity index is 0.000000345. The molecule has 1 aromatic carbocycles. The number of likely N-dealkylation sites (N-methyl/N-ethyl adjacent to an activating group) is 1. The highest BCUT2D eigenvalue weighted by Crippen LogP contribution is 2.23. The Labute approximate surface area is 157 Å². The third kappa shape index (κ3) is 5.06. The van der Waals surface area contributed by atoms with Crippen LogP contribution in [0.15, 0.2) is 29.1 Å². The third-order valence-electron chi connectivity index (χ3n) is 4.43. The van der Waals surface area contributed by atoms with Crippen LogP contribution in [0.3, 0.4) is 0 Å². The maximum Gasteiger partial charge on any atom is 0.490 e. The monoisotopic (exact) mass is 400 g/mol. The molecule has 4 N–H and O–H groups in total. The highest BCUT2D eigenvalue weighted by Gasteiger charge is 2.38. The number of carboxylic acid groups (broad SMARTS) is 1. The number of amides is 1. The molecule has 0 spiro atoms. The van der Waals surface area contributed by atoms with Crippen molar-refractivity contribution < 1.29 is 27.9 Å². The normalized spacial score (nSPS) is 18.6. The predicted octanol–water partition coefficient (Wildman–Crippen LogP) is 1.05. The van der Waals surface area contributed by atoms with E-state index in [9.17, 15) is 22.8 Å². The van der Waals surface area contributed by atoms with E-state index < -0.39 is 12.1 Å². The van der Waals surface area contributed by atoms with Gasteiger partial charge in [0, 0.05) is 24.5 Å².